The molecule has 1 aliphatic carbocycles. The van der Waals surface area contributed by atoms with E-state index in [1.54, 1.807) is 0 Å². The summed E-state index contributed by atoms with van der Waals surface area (Å²) in [6.45, 7) is 11.3. The van der Waals surface area contributed by atoms with Crippen LogP contribution in [0.1, 0.15) is 73.1 Å². The molecule has 3 nitrogen and oxygen atoms in total. The van der Waals surface area contributed by atoms with E-state index in [-0.39, 0.29) is 12.2 Å². The molecular formula is C18H34N2O. The van der Waals surface area contributed by atoms with Gasteiger partial charge in [-0.15, -0.1) is 0 Å². The third-order valence-electron chi connectivity index (χ3n) is 5.06. The Labute approximate surface area is 130 Å². The average molecular weight is 294 g/mol. The highest BCUT2D eigenvalue weighted by Crippen LogP contribution is 2.32. The second-order valence-corrected chi connectivity index (χ2v) is 8.15. The van der Waals surface area contributed by atoms with Gasteiger partial charge in [-0.1, -0.05) is 34.6 Å². The van der Waals surface area contributed by atoms with Gasteiger partial charge in [0, 0.05) is 6.04 Å². The number of rotatable bonds is 5. The topological polar surface area (TPSA) is 32.3 Å². The average Bonchev–Trinajstić information content (AvgIpc) is 2.66. The molecule has 1 saturated carbocycles. The summed E-state index contributed by atoms with van der Waals surface area (Å²) in [5.41, 5.74) is 0. The lowest BCUT2D eigenvalue weighted by atomic mass is 9.86. The van der Waals surface area contributed by atoms with Gasteiger partial charge in [0.1, 0.15) is 0 Å². The van der Waals surface area contributed by atoms with E-state index in [9.17, 15) is 4.79 Å². The third-order valence-corrected chi connectivity index (χ3v) is 5.06. The van der Waals surface area contributed by atoms with Crippen LogP contribution in [0.4, 0.5) is 0 Å². The minimum absolute atomic E-state index is 0.0492. The molecule has 0 bridgehead atoms. The van der Waals surface area contributed by atoms with Gasteiger partial charge in [0.05, 0.1) is 12.2 Å². The van der Waals surface area contributed by atoms with E-state index >= 15 is 0 Å². The Hall–Kier alpha value is -0.570. The summed E-state index contributed by atoms with van der Waals surface area (Å²) in [6.07, 6.45) is 7.24. The molecule has 2 aliphatic rings. The first-order valence-electron chi connectivity index (χ1n) is 8.96. The van der Waals surface area contributed by atoms with E-state index in [4.69, 9.17) is 0 Å². The number of hydrogen-bond acceptors (Lipinski definition) is 2. The van der Waals surface area contributed by atoms with Gasteiger partial charge in [0.25, 0.3) is 0 Å². The Morgan fingerprint density at radius 3 is 2.14 bits per heavy atom. The molecule has 0 radical (unpaired) electrons. The zero-order chi connectivity index (χ0) is 15.6. The van der Waals surface area contributed by atoms with Gasteiger partial charge in [0.15, 0.2) is 0 Å². The molecule has 0 aromatic carbocycles. The third kappa shape index (κ3) is 4.21. The fraction of sp³-hybridized carbons (Fsp3) is 0.944. The summed E-state index contributed by atoms with van der Waals surface area (Å²) in [5, 5.41) is 3.64. The van der Waals surface area contributed by atoms with Crippen LogP contribution >= 0.6 is 0 Å². The first-order chi connectivity index (χ1) is 9.88. The second kappa shape index (κ2) is 7.13. The van der Waals surface area contributed by atoms with Gasteiger partial charge < -0.3 is 4.90 Å². The Morgan fingerprint density at radius 1 is 1.05 bits per heavy atom. The number of carbonyl (C=O) groups excluding carboxylic acids is 1. The predicted molar refractivity (Wildman–Crippen MR) is 87.9 cm³/mol. The van der Waals surface area contributed by atoms with Crippen molar-refractivity contribution >= 4 is 5.91 Å². The van der Waals surface area contributed by atoms with Gasteiger partial charge in [-0.25, -0.2) is 0 Å². The van der Waals surface area contributed by atoms with Crippen LogP contribution in [0.5, 0.6) is 0 Å². The van der Waals surface area contributed by atoms with Crippen LogP contribution < -0.4 is 5.32 Å². The molecule has 3 heteroatoms. The number of nitrogens with one attached hydrogen (secondary N) is 1. The monoisotopic (exact) mass is 294 g/mol. The Bertz CT molecular complexity index is 345. The highest BCUT2D eigenvalue weighted by molar-refractivity contribution is 5.84. The van der Waals surface area contributed by atoms with E-state index in [0.29, 0.717) is 23.8 Å². The van der Waals surface area contributed by atoms with Crippen LogP contribution in [-0.2, 0) is 4.79 Å². The van der Waals surface area contributed by atoms with Crippen LogP contribution in [0.3, 0.4) is 0 Å². The van der Waals surface area contributed by atoms with E-state index in [1.807, 2.05) is 0 Å². The van der Waals surface area contributed by atoms with Gasteiger partial charge in [-0.3, -0.25) is 10.1 Å². The van der Waals surface area contributed by atoms with Crippen LogP contribution in [0.2, 0.25) is 0 Å². The van der Waals surface area contributed by atoms with Crippen molar-refractivity contribution in [3.05, 3.63) is 0 Å². The Morgan fingerprint density at radius 2 is 1.62 bits per heavy atom. The first-order valence-corrected chi connectivity index (χ1v) is 8.96. The highest BCUT2D eigenvalue weighted by Gasteiger charge is 2.42. The van der Waals surface area contributed by atoms with Crippen molar-refractivity contribution in [1.29, 1.82) is 0 Å². The smallest absolute Gasteiger partial charge is 0.241 e. The van der Waals surface area contributed by atoms with Gasteiger partial charge in [-0.05, 0) is 56.3 Å². The van der Waals surface area contributed by atoms with E-state index in [0.717, 1.165) is 18.8 Å². The summed E-state index contributed by atoms with van der Waals surface area (Å²) in [5.74, 6) is 2.39. The van der Waals surface area contributed by atoms with Crippen LogP contribution in [0.25, 0.3) is 0 Å². The summed E-state index contributed by atoms with van der Waals surface area (Å²) in [7, 11) is 0. The summed E-state index contributed by atoms with van der Waals surface area (Å²) < 4.78 is 0. The maximum atomic E-state index is 12.9. The predicted octanol–water partition coefficient (Wildman–Crippen LogP) is 3.78. The minimum atomic E-state index is 0.0492. The molecule has 1 aliphatic heterocycles. The zero-order valence-corrected chi connectivity index (χ0v) is 14.6. The first kappa shape index (κ1) is 16.8. The molecule has 122 valence electrons. The van der Waals surface area contributed by atoms with Gasteiger partial charge in [0.2, 0.25) is 5.91 Å². The molecule has 1 N–H and O–H groups in total. The normalized spacial score (nSPS) is 34.2. The van der Waals surface area contributed by atoms with Crippen molar-refractivity contribution in [3.8, 4) is 0 Å². The van der Waals surface area contributed by atoms with Crippen molar-refractivity contribution in [1.82, 2.24) is 10.2 Å². The molecule has 21 heavy (non-hydrogen) atoms. The number of nitrogens with zero attached hydrogens (tertiary/aromatic N) is 1. The zero-order valence-electron chi connectivity index (χ0n) is 14.6. The highest BCUT2D eigenvalue weighted by atomic mass is 16.2. The number of amides is 1. The molecule has 0 aromatic heterocycles. The SMILES string of the molecule is CC(C)CC1NC(CC(C)C)N(C2CCC(C)CC2)C1=O. The van der Waals surface area contributed by atoms with Crippen LogP contribution in [-0.4, -0.2) is 29.1 Å². The lowest BCUT2D eigenvalue weighted by Crippen LogP contribution is -2.46. The molecule has 1 saturated heterocycles. The van der Waals surface area contributed by atoms with Crippen molar-refractivity contribution in [3.63, 3.8) is 0 Å². The lowest BCUT2D eigenvalue weighted by molar-refractivity contribution is -0.133. The standard InChI is InChI=1S/C18H34N2O/c1-12(2)10-16-18(21)20(17(19-16)11-13(3)4)15-8-6-14(5)7-9-15/h12-17,19H,6-11H2,1-5H3. The molecule has 2 atom stereocenters. The Kier molecular flexibility index (Phi) is 5.70. The lowest BCUT2D eigenvalue weighted by Gasteiger charge is -2.37. The maximum absolute atomic E-state index is 12.9. The van der Waals surface area contributed by atoms with E-state index < -0.39 is 0 Å². The Balaban J connectivity index is 2.08. The van der Waals surface area contributed by atoms with Crippen molar-refractivity contribution in [2.45, 2.75) is 91.4 Å². The quantitative estimate of drug-likeness (QED) is 0.837. The van der Waals surface area contributed by atoms with Crippen LogP contribution in [0, 0.1) is 17.8 Å². The van der Waals surface area contributed by atoms with Crippen LogP contribution in [0.15, 0.2) is 0 Å². The minimum Gasteiger partial charge on any atom is -0.323 e. The molecule has 0 spiro atoms. The van der Waals surface area contributed by atoms with Crippen molar-refractivity contribution in [2.24, 2.45) is 17.8 Å². The molecule has 2 fully saturated rings. The maximum Gasteiger partial charge on any atom is 0.241 e. The van der Waals surface area contributed by atoms with Gasteiger partial charge in [-0.2, -0.15) is 0 Å². The number of carbonyl (C=O) groups is 1. The molecule has 0 aromatic rings. The largest absolute Gasteiger partial charge is 0.323 e. The molecule has 1 heterocycles. The fourth-order valence-electron chi connectivity index (χ4n) is 3.94. The molecule has 1 amide bonds. The van der Waals surface area contributed by atoms with Crippen molar-refractivity contribution < 1.29 is 4.79 Å². The second-order valence-electron chi connectivity index (χ2n) is 8.15. The fourth-order valence-corrected chi connectivity index (χ4v) is 3.94. The molecule has 2 unspecified atom stereocenters. The molecule has 2 rings (SSSR count). The summed E-state index contributed by atoms with van der Waals surface area (Å²) in [6, 6.07) is 0.523. The summed E-state index contributed by atoms with van der Waals surface area (Å²) in [4.78, 5) is 15.1. The van der Waals surface area contributed by atoms with E-state index in [1.165, 1.54) is 25.7 Å². The molecular weight excluding hydrogens is 260 g/mol. The number of hydrogen-bond donors (Lipinski definition) is 1. The summed E-state index contributed by atoms with van der Waals surface area (Å²) >= 11 is 0. The van der Waals surface area contributed by atoms with Crippen molar-refractivity contribution in [2.75, 3.05) is 0 Å². The van der Waals surface area contributed by atoms with Gasteiger partial charge >= 0.3 is 0 Å². The van der Waals surface area contributed by atoms with E-state index in [2.05, 4.69) is 44.8 Å².